The van der Waals surface area contributed by atoms with Crippen LogP contribution in [0.5, 0.6) is 0 Å². The summed E-state index contributed by atoms with van der Waals surface area (Å²) in [4.78, 5) is 12.4. The van der Waals surface area contributed by atoms with Gasteiger partial charge in [-0.25, -0.2) is 0 Å². The minimum Gasteiger partial charge on any atom is -0.318 e. The maximum absolute atomic E-state index is 12.4. The van der Waals surface area contributed by atoms with Gasteiger partial charge in [-0.15, -0.1) is 0 Å². The third-order valence-electron chi connectivity index (χ3n) is 4.50. The molecule has 4 rings (SSSR count). The minimum atomic E-state index is -0.248. The quantitative estimate of drug-likeness (QED) is 0.658. The molecule has 3 aromatic rings. The highest BCUT2D eigenvalue weighted by molar-refractivity contribution is 6.30. The number of nitrogens with one attached hydrogen (secondary N) is 3. The van der Waals surface area contributed by atoms with Crippen LogP contribution >= 0.6 is 11.6 Å². The molecule has 0 radical (unpaired) electrons. The first-order chi connectivity index (χ1) is 12.7. The Hall–Kier alpha value is -2.64. The molecule has 1 fully saturated rings. The Balaban J connectivity index is 1.44. The molecular formula is C18H19ClN6O. The van der Waals surface area contributed by atoms with Gasteiger partial charge in [-0.1, -0.05) is 23.7 Å². The molecule has 0 spiro atoms. The second-order valence-electron chi connectivity index (χ2n) is 6.32. The standard InChI is InChI=1S/C18H19ClN6O/c19-13-3-1-12(2-4-13)16-9-17(24-23-16)18(26)22-14-10-21-25(11-14)15-5-7-20-8-6-15/h1-4,9-11,15,20H,5-8H2,(H,22,26)(H,23,24). The summed E-state index contributed by atoms with van der Waals surface area (Å²) in [6, 6.07) is 9.41. The number of hydrogen-bond donors (Lipinski definition) is 3. The molecule has 0 atom stereocenters. The van der Waals surface area contributed by atoms with Crippen LogP contribution in [0.2, 0.25) is 5.02 Å². The predicted molar refractivity (Wildman–Crippen MR) is 100 cm³/mol. The number of rotatable bonds is 4. The molecule has 0 aliphatic carbocycles. The van der Waals surface area contributed by atoms with Gasteiger partial charge in [0.25, 0.3) is 5.91 Å². The van der Waals surface area contributed by atoms with E-state index in [1.54, 1.807) is 24.4 Å². The van der Waals surface area contributed by atoms with Gasteiger partial charge in [-0.2, -0.15) is 10.2 Å². The summed E-state index contributed by atoms with van der Waals surface area (Å²) in [5.74, 6) is -0.248. The zero-order valence-corrected chi connectivity index (χ0v) is 14.8. The van der Waals surface area contributed by atoms with E-state index in [4.69, 9.17) is 11.6 Å². The van der Waals surface area contributed by atoms with Crippen molar-refractivity contribution in [1.82, 2.24) is 25.3 Å². The van der Waals surface area contributed by atoms with Crippen molar-refractivity contribution in [2.24, 2.45) is 0 Å². The number of nitrogens with zero attached hydrogens (tertiary/aromatic N) is 3. The normalized spacial score (nSPS) is 15.1. The average molecular weight is 371 g/mol. The van der Waals surface area contributed by atoms with Crippen molar-refractivity contribution in [3.05, 3.63) is 53.4 Å². The monoisotopic (exact) mass is 370 g/mol. The molecule has 3 N–H and O–H groups in total. The summed E-state index contributed by atoms with van der Waals surface area (Å²) < 4.78 is 1.93. The fraction of sp³-hybridized carbons (Fsp3) is 0.278. The van der Waals surface area contributed by atoms with E-state index in [1.165, 1.54) is 0 Å². The molecule has 0 saturated carbocycles. The van der Waals surface area contributed by atoms with E-state index in [1.807, 2.05) is 23.0 Å². The third kappa shape index (κ3) is 3.63. The van der Waals surface area contributed by atoms with E-state index in [0.717, 1.165) is 31.5 Å². The lowest BCUT2D eigenvalue weighted by Gasteiger charge is -2.22. The molecule has 7 nitrogen and oxygen atoms in total. The number of anilines is 1. The van der Waals surface area contributed by atoms with Gasteiger partial charge in [0.1, 0.15) is 5.69 Å². The molecule has 1 amide bonds. The Kier molecular flexibility index (Phi) is 4.73. The van der Waals surface area contributed by atoms with Crippen LogP contribution in [0, 0.1) is 0 Å². The lowest BCUT2D eigenvalue weighted by Crippen LogP contribution is -2.29. The lowest BCUT2D eigenvalue weighted by atomic mass is 10.1. The molecule has 1 aliphatic heterocycles. The summed E-state index contributed by atoms with van der Waals surface area (Å²) in [7, 11) is 0. The fourth-order valence-electron chi connectivity index (χ4n) is 3.08. The van der Waals surface area contributed by atoms with Crippen molar-refractivity contribution >= 4 is 23.2 Å². The Morgan fingerprint density at radius 3 is 2.77 bits per heavy atom. The molecule has 0 unspecified atom stereocenters. The van der Waals surface area contributed by atoms with Crippen molar-refractivity contribution in [3.63, 3.8) is 0 Å². The third-order valence-corrected chi connectivity index (χ3v) is 4.76. The summed E-state index contributed by atoms with van der Waals surface area (Å²) in [5.41, 5.74) is 2.65. The number of aromatic nitrogens is 4. The van der Waals surface area contributed by atoms with E-state index < -0.39 is 0 Å². The highest BCUT2D eigenvalue weighted by atomic mass is 35.5. The molecule has 2 aromatic heterocycles. The Morgan fingerprint density at radius 1 is 1.23 bits per heavy atom. The number of carbonyl (C=O) groups is 1. The molecule has 1 aromatic carbocycles. The first-order valence-corrected chi connectivity index (χ1v) is 8.94. The average Bonchev–Trinajstić information content (AvgIpc) is 3.33. The molecule has 134 valence electrons. The van der Waals surface area contributed by atoms with Gasteiger partial charge in [0, 0.05) is 16.8 Å². The number of piperidine rings is 1. The van der Waals surface area contributed by atoms with Crippen LogP contribution in [0.4, 0.5) is 5.69 Å². The van der Waals surface area contributed by atoms with Gasteiger partial charge in [0.15, 0.2) is 0 Å². The van der Waals surface area contributed by atoms with Crippen molar-refractivity contribution in [2.75, 3.05) is 18.4 Å². The maximum atomic E-state index is 12.4. The second-order valence-corrected chi connectivity index (χ2v) is 6.75. The number of halogens is 1. The number of amides is 1. The summed E-state index contributed by atoms with van der Waals surface area (Å²) >= 11 is 5.90. The van der Waals surface area contributed by atoms with E-state index in [2.05, 4.69) is 25.9 Å². The van der Waals surface area contributed by atoms with E-state index >= 15 is 0 Å². The van der Waals surface area contributed by atoms with Gasteiger partial charge in [-0.3, -0.25) is 14.6 Å². The van der Waals surface area contributed by atoms with Crippen LogP contribution in [0.1, 0.15) is 29.4 Å². The molecule has 26 heavy (non-hydrogen) atoms. The van der Waals surface area contributed by atoms with Gasteiger partial charge < -0.3 is 10.6 Å². The zero-order valence-electron chi connectivity index (χ0n) is 14.1. The van der Waals surface area contributed by atoms with E-state index in [9.17, 15) is 4.79 Å². The van der Waals surface area contributed by atoms with Gasteiger partial charge in [0.2, 0.25) is 0 Å². The minimum absolute atomic E-state index is 0.248. The molecular weight excluding hydrogens is 352 g/mol. The largest absolute Gasteiger partial charge is 0.318 e. The smallest absolute Gasteiger partial charge is 0.273 e. The lowest BCUT2D eigenvalue weighted by molar-refractivity contribution is 0.102. The number of benzene rings is 1. The zero-order chi connectivity index (χ0) is 17.9. The topological polar surface area (TPSA) is 87.6 Å². The first kappa shape index (κ1) is 16.8. The number of H-pyrrole nitrogens is 1. The fourth-order valence-corrected chi connectivity index (χ4v) is 3.20. The molecule has 8 heteroatoms. The highest BCUT2D eigenvalue weighted by Crippen LogP contribution is 2.22. The highest BCUT2D eigenvalue weighted by Gasteiger charge is 2.17. The van der Waals surface area contributed by atoms with E-state index in [-0.39, 0.29) is 5.91 Å². The van der Waals surface area contributed by atoms with Crippen LogP contribution in [0.15, 0.2) is 42.7 Å². The second kappa shape index (κ2) is 7.31. The first-order valence-electron chi connectivity index (χ1n) is 8.56. The Morgan fingerprint density at radius 2 is 2.00 bits per heavy atom. The molecule has 1 saturated heterocycles. The molecule has 3 heterocycles. The Bertz CT molecular complexity index is 895. The van der Waals surface area contributed by atoms with Crippen LogP contribution in [0.3, 0.4) is 0 Å². The molecule has 1 aliphatic rings. The van der Waals surface area contributed by atoms with Crippen molar-refractivity contribution in [2.45, 2.75) is 18.9 Å². The summed E-state index contributed by atoms with van der Waals surface area (Å²) in [6.07, 6.45) is 5.64. The van der Waals surface area contributed by atoms with E-state index in [0.29, 0.717) is 28.1 Å². The SMILES string of the molecule is O=C(Nc1cnn(C2CCNCC2)c1)c1cc(-c2ccc(Cl)cc2)n[nH]1. The number of aromatic amines is 1. The van der Waals surface area contributed by atoms with Crippen LogP contribution in [-0.2, 0) is 0 Å². The molecule has 0 bridgehead atoms. The van der Waals surface area contributed by atoms with Gasteiger partial charge >= 0.3 is 0 Å². The number of carbonyl (C=O) groups excluding carboxylic acids is 1. The van der Waals surface area contributed by atoms with Crippen LogP contribution in [0.25, 0.3) is 11.3 Å². The van der Waals surface area contributed by atoms with Gasteiger partial charge in [0.05, 0.1) is 23.6 Å². The van der Waals surface area contributed by atoms with Crippen molar-refractivity contribution in [1.29, 1.82) is 0 Å². The Labute approximate surface area is 155 Å². The summed E-state index contributed by atoms with van der Waals surface area (Å²) in [5, 5.41) is 18.2. The summed E-state index contributed by atoms with van der Waals surface area (Å²) in [6.45, 7) is 1.99. The van der Waals surface area contributed by atoms with Crippen LogP contribution < -0.4 is 10.6 Å². The van der Waals surface area contributed by atoms with Gasteiger partial charge in [-0.05, 0) is 44.1 Å². The number of hydrogen-bond acceptors (Lipinski definition) is 4. The predicted octanol–water partition coefficient (Wildman–Crippen LogP) is 3.10. The van der Waals surface area contributed by atoms with Crippen molar-refractivity contribution < 1.29 is 4.79 Å². The maximum Gasteiger partial charge on any atom is 0.273 e. The van der Waals surface area contributed by atoms with Crippen LogP contribution in [-0.4, -0.2) is 39.0 Å². The van der Waals surface area contributed by atoms with Crippen molar-refractivity contribution in [3.8, 4) is 11.3 Å².